The summed E-state index contributed by atoms with van der Waals surface area (Å²) in [7, 11) is 0. The van der Waals surface area contributed by atoms with E-state index in [0.717, 1.165) is 19.3 Å². The lowest BCUT2D eigenvalue weighted by atomic mass is 9.92. The van der Waals surface area contributed by atoms with Gasteiger partial charge in [-0.25, -0.2) is 4.39 Å². The largest absolute Gasteiger partial charge is 0.391 e. The summed E-state index contributed by atoms with van der Waals surface area (Å²) in [6.07, 6.45) is 2.89. The maximum atomic E-state index is 13.8. The van der Waals surface area contributed by atoms with Crippen LogP contribution >= 0.6 is 0 Å². The lowest BCUT2D eigenvalue weighted by Gasteiger charge is -2.28. The van der Waals surface area contributed by atoms with Gasteiger partial charge in [-0.15, -0.1) is 0 Å². The second-order valence-corrected chi connectivity index (χ2v) is 4.87. The third-order valence-electron chi connectivity index (χ3n) is 3.48. The molecule has 98 valence electrons. The maximum absolute atomic E-state index is 13.8. The first-order valence-electron chi connectivity index (χ1n) is 6.33. The van der Waals surface area contributed by atoms with E-state index in [1.165, 1.54) is 6.07 Å². The van der Waals surface area contributed by atoms with Crippen molar-refractivity contribution in [2.45, 2.75) is 44.8 Å². The quantitative estimate of drug-likeness (QED) is 0.846. The Bertz CT molecular complexity index is 447. The number of halogens is 1. The van der Waals surface area contributed by atoms with Gasteiger partial charge in [0.2, 0.25) is 0 Å². The Morgan fingerprint density at radius 2 is 2.11 bits per heavy atom. The Balaban J connectivity index is 2.09. The van der Waals surface area contributed by atoms with E-state index >= 15 is 0 Å². The highest BCUT2D eigenvalue weighted by atomic mass is 19.1. The molecule has 1 saturated carbocycles. The molecule has 2 rings (SSSR count). The summed E-state index contributed by atoms with van der Waals surface area (Å²) >= 11 is 0. The van der Waals surface area contributed by atoms with E-state index in [2.05, 4.69) is 5.32 Å². The zero-order chi connectivity index (χ0) is 13.1. The minimum atomic E-state index is -0.518. The van der Waals surface area contributed by atoms with Gasteiger partial charge in [0.25, 0.3) is 5.91 Å². The van der Waals surface area contributed by atoms with Gasteiger partial charge >= 0.3 is 0 Å². The monoisotopic (exact) mass is 251 g/mol. The van der Waals surface area contributed by atoms with Gasteiger partial charge in [0.1, 0.15) is 5.82 Å². The minimum absolute atomic E-state index is 0.0489. The minimum Gasteiger partial charge on any atom is -0.391 e. The Hall–Kier alpha value is -1.42. The highest BCUT2D eigenvalue weighted by Gasteiger charge is 2.25. The maximum Gasteiger partial charge on any atom is 0.254 e. The summed E-state index contributed by atoms with van der Waals surface area (Å²) in [6.45, 7) is 1.63. The van der Waals surface area contributed by atoms with Crippen LogP contribution in [0, 0.1) is 12.7 Å². The van der Waals surface area contributed by atoms with Crippen LogP contribution in [0.4, 0.5) is 4.39 Å². The van der Waals surface area contributed by atoms with Crippen LogP contribution in [0.5, 0.6) is 0 Å². The number of carbonyl (C=O) groups is 1. The molecular weight excluding hydrogens is 233 g/mol. The molecule has 1 aromatic rings. The van der Waals surface area contributed by atoms with Gasteiger partial charge in [-0.05, 0) is 31.4 Å². The molecule has 1 aliphatic rings. The molecule has 1 aromatic carbocycles. The van der Waals surface area contributed by atoms with Gasteiger partial charge in [0.15, 0.2) is 0 Å². The lowest BCUT2D eigenvalue weighted by Crippen LogP contribution is -2.45. The first kappa shape index (κ1) is 13.0. The number of carbonyl (C=O) groups excluding carboxylic acids is 1. The second-order valence-electron chi connectivity index (χ2n) is 4.87. The zero-order valence-corrected chi connectivity index (χ0v) is 10.4. The molecule has 1 amide bonds. The van der Waals surface area contributed by atoms with Crippen molar-refractivity contribution in [1.82, 2.24) is 5.32 Å². The Labute approximate surface area is 106 Å². The number of aryl methyl sites for hydroxylation is 1. The fourth-order valence-corrected chi connectivity index (χ4v) is 2.35. The van der Waals surface area contributed by atoms with Crippen LogP contribution in [0.2, 0.25) is 0 Å². The van der Waals surface area contributed by atoms with E-state index in [1.807, 2.05) is 0 Å². The molecule has 0 aromatic heterocycles. The van der Waals surface area contributed by atoms with Gasteiger partial charge in [0, 0.05) is 0 Å². The molecule has 0 unspecified atom stereocenters. The van der Waals surface area contributed by atoms with Gasteiger partial charge in [-0.3, -0.25) is 4.79 Å². The normalized spacial score (nSPS) is 23.7. The van der Waals surface area contributed by atoms with Crippen molar-refractivity contribution in [3.05, 3.63) is 35.1 Å². The number of amides is 1. The third kappa shape index (κ3) is 2.70. The van der Waals surface area contributed by atoms with Crippen molar-refractivity contribution in [1.29, 1.82) is 0 Å². The highest BCUT2D eigenvalue weighted by Crippen LogP contribution is 2.19. The Morgan fingerprint density at radius 3 is 2.83 bits per heavy atom. The van der Waals surface area contributed by atoms with E-state index in [-0.39, 0.29) is 11.6 Å². The predicted molar refractivity (Wildman–Crippen MR) is 66.9 cm³/mol. The van der Waals surface area contributed by atoms with Crippen LogP contribution in [0.3, 0.4) is 0 Å². The number of hydrogen-bond acceptors (Lipinski definition) is 2. The van der Waals surface area contributed by atoms with E-state index in [4.69, 9.17) is 0 Å². The van der Waals surface area contributed by atoms with E-state index in [9.17, 15) is 14.3 Å². The van der Waals surface area contributed by atoms with Crippen LogP contribution in [-0.4, -0.2) is 23.2 Å². The van der Waals surface area contributed by atoms with Crippen LogP contribution < -0.4 is 5.32 Å². The molecule has 0 bridgehead atoms. The molecule has 1 fully saturated rings. The molecule has 2 atom stereocenters. The topological polar surface area (TPSA) is 49.3 Å². The van der Waals surface area contributed by atoms with Crippen molar-refractivity contribution < 1.29 is 14.3 Å². The number of aliphatic hydroxyl groups is 1. The summed E-state index contributed by atoms with van der Waals surface area (Å²) in [4.78, 5) is 12.0. The summed E-state index contributed by atoms with van der Waals surface area (Å²) in [5.41, 5.74) is 0.500. The van der Waals surface area contributed by atoms with Gasteiger partial charge in [0.05, 0.1) is 17.7 Å². The lowest BCUT2D eigenvalue weighted by molar-refractivity contribution is 0.0714. The number of benzene rings is 1. The number of hydrogen-bond donors (Lipinski definition) is 2. The summed E-state index contributed by atoms with van der Waals surface area (Å²) < 4.78 is 13.8. The highest BCUT2D eigenvalue weighted by molar-refractivity contribution is 5.94. The van der Waals surface area contributed by atoms with Crippen LogP contribution in [0.25, 0.3) is 0 Å². The van der Waals surface area contributed by atoms with Crippen molar-refractivity contribution in [3.8, 4) is 0 Å². The first-order chi connectivity index (χ1) is 8.59. The van der Waals surface area contributed by atoms with Crippen molar-refractivity contribution in [3.63, 3.8) is 0 Å². The molecule has 0 saturated heterocycles. The van der Waals surface area contributed by atoms with Gasteiger partial charge < -0.3 is 10.4 Å². The van der Waals surface area contributed by atoms with Crippen molar-refractivity contribution in [2.75, 3.05) is 0 Å². The molecule has 0 spiro atoms. The van der Waals surface area contributed by atoms with Gasteiger partial charge in [-0.2, -0.15) is 0 Å². The number of nitrogens with one attached hydrogen (secondary N) is 1. The molecule has 0 radical (unpaired) electrons. The Kier molecular flexibility index (Phi) is 3.97. The molecule has 1 aliphatic carbocycles. The standard InChI is InChI=1S/C14H18FNO2/c1-9-5-4-6-10(13(9)15)14(18)16-11-7-2-3-8-12(11)17/h4-6,11-12,17H,2-3,7-8H2,1H3,(H,16,18)/t11-,12-/m1/s1. The number of rotatable bonds is 2. The second kappa shape index (κ2) is 5.48. The first-order valence-corrected chi connectivity index (χ1v) is 6.33. The number of aliphatic hydroxyl groups excluding tert-OH is 1. The predicted octanol–water partition coefficient (Wildman–Crippen LogP) is 2.17. The molecule has 0 aliphatic heterocycles. The van der Waals surface area contributed by atoms with E-state index in [1.54, 1.807) is 19.1 Å². The zero-order valence-electron chi connectivity index (χ0n) is 10.4. The molecule has 2 N–H and O–H groups in total. The fraction of sp³-hybridized carbons (Fsp3) is 0.500. The average Bonchev–Trinajstić information content (AvgIpc) is 2.35. The molecule has 3 nitrogen and oxygen atoms in total. The summed E-state index contributed by atoms with van der Waals surface area (Å²) in [5.74, 6) is -0.928. The van der Waals surface area contributed by atoms with E-state index in [0.29, 0.717) is 12.0 Å². The van der Waals surface area contributed by atoms with Crippen LogP contribution in [0.15, 0.2) is 18.2 Å². The van der Waals surface area contributed by atoms with Crippen molar-refractivity contribution in [2.24, 2.45) is 0 Å². The van der Waals surface area contributed by atoms with Crippen LogP contribution in [-0.2, 0) is 0 Å². The molecule has 4 heteroatoms. The molecule has 0 heterocycles. The Morgan fingerprint density at radius 1 is 1.39 bits per heavy atom. The summed E-state index contributed by atoms with van der Waals surface area (Å²) in [5, 5.41) is 12.5. The molecular formula is C14H18FNO2. The SMILES string of the molecule is Cc1cccc(C(=O)N[C@@H]2CCCC[C@H]2O)c1F. The fourth-order valence-electron chi connectivity index (χ4n) is 2.35. The average molecular weight is 251 g/mol. The third-order valence-corrected chi connectivity index (χ3v) is 3.48. The van der Waals surface area contributed by atoms with Crippen LogP contribution in [0.1, 0.15) is 41.6 Å². The van der Waals surface area contributed by atoms with Crippen molar-refractivity contribution >= 4 is 5.91 Å². The van der Waals surface area contributed by atoms with Gasteiger partial charge in [-0.1, -0.05) is 25.0 Å². The summed E-state index contributed by atoms with van der Waals surface area (Å²) in [6, 6.07) is 4.49. The van der Waals surface area contributed by atoms with E-state index < -0.39 is 17.8 Å². The molecule has 18 heavy (non-hydrogen) atoms. The smallest absolute Gasteiger partial charge is 0.254 e.